The predicted octanol–water partition coefficient (Wildman–Crippen LogP) is 3.18. The van der Waals surface area contributed by atoms with Gasteiger partial charge in [-0.25, -0.2) is 4.98 Å². The third-order valence-electron chi connectivity index (χ3n) is 3.43. The summed E-state index contributed by atoms with van der Waals surface area (Å²) in [7, 11) is 0. The van der Waals surface area contributed by atoms with Gasteiger partial charge in [-0.3, -0.25) is 0 Å². The highest BCUT2D eigenvalue weighted by molar-refractivity contribution is 7.09. The Hall–Kier alpha value is -1.19. The van der Waals surface area contributed by atoms with Crippen LogP contribution < -0.4 is 5.32 Å². The zero-order valence-corrected chi connectivity index (χ0v) is 10.5. The van der Waals surface area contributed by atoms with Crippen molar-refractivity contribution < 1.29 is 0 Å². The Morgan fingerprint density at radius 2 is 2.06 bits per heavy atom. The molecule has 0 radical (unpaired) electrons. The van der Waals surface area contributed by atoms with Crippen LogP contribution in [0, 0.1) is 0 Å². The van der Waals surface area contributed by atoms with Gasteiger partial charge < -0.3 is 5.32 Å². The summed E-state index contributed by atoms with van der Waals surface area (Å²) in [6.07, 6.45) is 4.39. The molecule has 0 spiro atoms. The van der Waals surface area contributed by atoms with Gasteiger partial charge in [0.2, 0.25) is 0 Å². The van der Waals surface area contributed by atoms with E-state index in [0.717, 1.165) is 12.5 Å². The SMILES string of the molecule is c1ccc(C2CC(NCc3nccs3)C2)cc1. The predicted molar refractivity (Wildman–Crippen MR) is 71.2 cm³/mol. The Morgan fingerprint density at radius 1 is 1.24 bits per heavy atom. The second kappa shape index (κ2) is 4.98. The molecule has 1 saturated carbocycles. The maximum atomic E-state index is 4.28. The summed E-state index contributed by atoms with van der Waals surface area (Å²) in [6.45, 7) is 0.920. The molecule has 17 heavy (non-hydrogen) atoms. The second-order valence-corrected chi connectivity index (χ2v) is 5.56. The first-order valence-electron chi connectivity index (χ1n) is 6.08. The van der Waals surface area contributed by atoms with Gasteiger partial charge in [-0.15, -0.1) is 11.3 Å². The molecule has 1 aliphatic rings. The molecule has 1 aliphatic carbocycles. The van der Waals surface area contributed by atoms with Crippen molar-refractivity contribution in [1.82, 2.24) is 10.3 Å². The summed E-state index contributed by atoms with van der Waals surface area (Å²) < 4.78 is 0. The standard InChI is InChI=1S/C14H16N2S/c1-2-4-11(5-3-1)12-8-13(9-12)16-10-14-15-6-7-17-14/h1-7,12-13,16H,8-10H2. The van der Waals surface area contributed by atoms with E-state index in [1.165, 1.54) is 23.4 Å². The van der Waals surface area contributed by atoms with Gasteiger partial charge in [0.15, 0.2) is 0 Å². The minimum absolute atomic E-state index is 0.670. The lowest BCUT2D eigenvalue weighted by Crippen LogP contribution is -2.39. The smallest absolute Gasteiger partial charge is 0.106 e. The lowest BCUT2D eigenvalue weighted by atomic mass is 9.76. The fourth-order valence-corrected chi connectivity index (χ4v) is 2.92. The van der Waals surface area contributed by atoms with Crippen molar-refractivity contribution in [2.75, 3.05) is 0 Å². The molecule has 3 heteroatoms. The second-order valence-electron chi connectivity index (χ2n) is 4.58. The van der Waals surface area contributed by atoms with Gasteiger partial charge in [0.05, 0.1) is 0 Å². The summed E-state index contributed by atoms with van der Waals surface area (Å²) in [4.78, 5) is 4.28. The maximum Gasteiger partial charge on any atom is 0.106 e. The number of hydrogen-bond acceptors (Lipinski definition) is 3. The molecular weight excluding hydrogens is 228 g/mol. The number of hydrogen-bond donors (Lipinski definition) is 1. The Labute approximate surface area is 106 Å². The van der Waals surface area contributed by atoms with Gasteiger partial charge in [-0.1, -0.05) is 30.3 Å². The Morgan fingerprint density at radius 3 is 2.76 bits per heavy atom. The zero-order valence-electron chi connectivity index (χ0n) is 9.67. The number of nitrogens with one attached hydrogen (secondary N) is 1. The molecule has 0 amide bonds. The number of nitrogens with zero attached hydrogens (tertiary/aromatic N) is 1. The molecule has 2 aromatic rings. The number of benzene rings is 1. The fraction of sp³-hybridized carbons (Fsp3) is 0.357. The van der Waals surface area contributed by atoms with Gasteiger partial charge in [0, 0.05) is 24.2 Å². The molecule has 1 aromatic carbocycles. The van der Waals surface area contributed by atoms with E-state index in [-0.39, 0.29) is 0 Å². The molecular formula is C14H16N2S. The molecule has 0 aliphatic heterocycles. The highest BCUT2D eigenvalue weighted by Crippen LogP contribution is 2.36. The zero-order chi connectivity index (χ0) is 11.5. The molecule has 1 N–H and O–H groups in total. The van der Waals surface area contributed by atoms with Crippen LogP contribution in [0.1, 0.15) is 29.3 Å². The van der Waals surface area contributed by atoms with Crippen LogP contribution >= 0.6 is 11.3 Å². The molecule has 0 atom stereocenters. The van der Waals surface area contributed by atoms with Crippen LogP contribution in [0.2, 0.25) is 0 Å². The highest BCUT2D eigenvalue weighted by atomic mass is 32.1. The van der Waals surface area contributed by atoms with Crippen molar-refractivity contribution in [2.24, 2.45) is 0 Å². The van der Waals surface area contributed by atoms with Gasteiger partial charge >= 0.3 is 0 Å². The molecule has 0 unspecified atom stereocenters. The summed E-state index contributed by atoms with van der Waals surface area (Å²) in [5.41, 5.74) is 1.49. The van der Waals surface area contributed by atoms with Crippen LogP contribution in [-0.4, -0.2) is 11.0 Å². The van der Waals surface area contributed by atoms with E-state index in [1.807, 2.05) is 11.6 Å². The number of thiazole rings is 1. The summed E-state index contributed by atoms with van der Waals surface area (Å²) in [5.74, 6) is 0.755. The van der Waals surface area contributed by atoms with Crippen molar-refractivity contribution in [1.29, 1.82) is 0 Å². The Bertz CT molecular complexity index is 446. The maximum absolute atomic E-state index is 4.28. The van der Waals surface area contributed by atoms with Crippen LogP contribution in [0.15, 0.2) is 41.9 Å². The summed E-state index contributed by atoms with van der Waals surface area (Å²) >= 11 is 1.72. The third kappa shape index (κ3) is 2.56. The molecule has 2 nitrogen and oxygen atoms in total. The van der Waals surface area contributed by atoms with E-state index in [4.69, 9.17) is 0 Å². The first-order valence-corrected chi connectivity index (χ1v) is 6.96. The topological polar surface area (TPSA) is 24.9 Å². The van der Waals surface area contributed by atoms with Crippen LogP contribution in [0.4, 0.5) is 0 Å². The first kappa shape index (κ1) is 10.9. The molecule has 0 bridgehead atoms. The Kier molecular flexibility index (Phi) is 3.20. The minimum atomic E-state index is 0.670. The average molecular weight is 244 g/mol. The van der Waals surface area contributed by atoms with E-state index in [9.17, 15) is 0 Å². The van der Waals surface area contributed by atoms with Gasteiger partial charge in [0.25, 0.3) is 0 Å². The average Bonchev–Trinajstić information content (AvgIpc) is 2.81. The fourth-order valence-electron chi connectivity index (χ4n) is 2.35. The normalized spacial score (nSPS) is 23.3. The molecule has 1 heterocycles. The minimum Gasteiger partial charge on any atom is -0.308 e. The monoisotopic (exact) mass is 244 g/mol. The molecule has 0 saturated heterocycles. The highest BCUT2D eigenvalue weighted by Gasteiger charge is 2.29. The Balaban J connectivity index is 1.46. The summed E-state index contributed by atoms with van der Waals surface area (Å²) in [5, 5.41) is 6.79. The van der Waals surface area contributed by atoms with Gasteiger partial charge in [0.1, 0.15) is 5.01 Å². The van der Waals surface area contributed by atoms with Crippen LogP contribution in [0.3, 0.4) is 0 Å². The van der Waals surface area contributed by atoms with E-state index >= 15 is 0 Å². The van der Waals surface area contributed by atoms with E-state index < -0.39 is 0 Å². The molecule has 1 aromatic heterocycles. The number of aromatic nitrogens is 1. The largest absolute Gasteiger partial charge is 0.308 e. The van der Waals surface area contributed by atoms with Crippen molar-refractivity contribution >= 4 is 11.3 Å². The van der Waals surface area contributed by atoms with E-state index in [1.54, 1.807) is 11.3 Å². The lowest BCUT2D eigenvalue weighted by molar-refractivity contribution is 0.289. The van der Waals surface area contributed by atoms with Crippen molar-refractivity contribution in [3.8, 4) is 0 Å². The quantitative estimate of drug-likeness (QED) is 0.893. The van der Waals surface area contributed by atoms with Gasteiger partial charge in [-0.2, -0.15) is 0 Å². The van der Waals surface area contributed by atoms with Crippen LogP contribution in [-0.2, 0) is 6.54 Å². The van der Waals surface area contributed by atoms with E-state index in [2.05, 4.69) is 40.6 Å². The molecule has 88 valence electrons. The third-order valence-corrected chi connectivity index (χ3v) is 4.21. The number of rotatable bonds is 4. The molecule has 3 rings (SSSR count). The van der Waals surface area contributed by atoms with Crippen molar-refractivity contribution in [3.05, 3.63) is 52.5 Å². The van der Waals surface area contributed by atoms with Crippen molar-refractivity contribution in [3.63, 3.8) is 0 Å². The van der Waals surface area contributed by atoms with Crippen molar-refractivity contribution in [2.45, 2.75) is 31.3 Å². The van der Waals surface area contributed by atoms with Crippen LogP contribution in [0.5, 0.6) is 0 Å². The van der Waals surface area contributed by atoms with Gasteiger partial charge in [-0.05, 0) is 24.3 Å². The first-order chi connectivity index (χ1) is 8.42. The lowest BCUT2D eigenvalue weighted by Gasteiger charge is -2.36. The molecule has 1 fully saturated rings. The van der Waals surface area contributed by atoms with Crippen LogP contribution in [0.25, 0.3) is 0 Å². The van der Waals surface area contributed by atoms with E-state index in [0.29, 0.717) is 6.04 Å². The summed E-state index contributed by atoms with van der Waals surface area (Å²) in [6, 6.07) is 11.5.